The first-order chi connectivity index (χ1) is 13.5. The number of carbonyl (C=O) groups is 1. The first-order valence-corrected chi connectivity index (χ1v) is 9.72. The molecule has 164 valence electrons. The summed E-state index contributed by atoms with van der Waals surface area (Å²) in [6.07, 6.45) is -10.5. The number of hydrogen-bond donors (Lipinski definition) is 1. The summed E-state index contributed by atoms with van der Waals surface area (Å²) < 4.78 is 105. The lowest BCUT2D eigenvalue weighted by Crippen LogP contribution is -2.24. The normalized spacial score (nSPS) is 12.6. The molecule has 2 rings (SSSR count). The van der Waals surface area contributed by atoms with Gasteiger partial charge in [-0.05, 0) is 36.4 Å². The molecule has 0 saturated carbocycles. The predicted octanol–water partition coefficient (Wildman–Crippen LogP) is 4.88. The van der Waals surface area contributed by atoms with E-state index in [0.717, 1.165) is 17.0 Å². The number of carbonyl (C=O) groups excluding carboxylic acids is 1. The molecule has 0 fully saturated rings. The molecule has 2 aromatic rings. The molecule has 1 amide bonds. The Kier molecular flexibility index (Phi) is 6.34. The van der Waals surface area contributed by atoms with Crippen LogP contribution in [-0.4, -0.2) is 33.3 Å². The number of sulfonamides is 1. The Hall–Kier alpha value is -2.47. The monoisotopic (exact) mass is 474 g/mol. The van der Waals surface area contributed by atoms with Crippen LogP contribution in [0.2, 0.25) is 5.02 Å². The number of alkyl halides is 6. The van der Waals surface area contributed by atoms with Gasteiger partial charge in [0.05, 0.1) is 27.3 Å². The number of rotatable bonds is 4. The van der Waals surface area contributed by atoms with Crippen molar-refractivity contribution in [3.8, 4) is 0 Å². The minimum Gasteiger partial charge on any atom is -0.345 e. The summed E-state index contributed by atoms with van der Waals surface area (Å²) >= 11 is 5.79. The third kappa shape index (κ3) is 5.36. The molecule has 0 unspecified atom stereocenters. The Labute approximate surface area is 172 Å². The van der Waals surface area contributed by atoms with E-state index in [1.54, 1.807) is 0 Å². The predicted molar refractivity (Wildman–Crippen MR) is 96.7 cm³/mol. The molecule has 0 bridgehead atoms. The van der Waals surface area contributed by atoms with Crippen molar-refractivity contribution >= 4 is 33.2 Å². The van der Waals surface area contributed by atoms with Gasteiger partial charge in [-0.2, -0.15) is 26.3 Å². The van der Waals surface area contributed by atoms with Crippen LogP contribution in [0.25, 0.3) is 0 Å². The summed E-state index contributed by atoms with van der Waals surface area (Å²) in [5.41, 5.74) is -4.22. The average molecular weight is 475 g/mol. The molecular weight excluding hydrogens is 462 g/mol. The van der Waals surface area contributed by atoms with Gasteiger partial charge in [-0.3, -0.25) is 9.52 Å². The molecule has 0 radical (unpaired) electrons. The number of halogens is 7. The van der Waals surface area contributed by atoms with Crippen molar-refractivity contribution in [1.82, 2.24) is 4.90 Å². The summed E-state index contributed by atoms with van der Waals surface area (Å²) in [5.74, 6) is -0.676. The molecule has 1 N–H and O–H groups in total. The molecule has 0 aliphatic heterocycles. The molecule has 30 heavy (non-hydrogen) atoms. The van der Waals surface area contributed by atoms with Crippen molar-refractivity contribution in [2.24, 2.45) is 0 Å². The molecule has 0 saturated heterocycles. The van der Waals surface area contributed by atoms with Gasteiger partial charge < -0.3 is 4.90 Å². The Morgan fingerprint density at radius 2 is 1.43 bits per heavy atom. The molecule has 0 atom stereocenters. The van der Waals surface area contributed by atoms with Gasteiger partial charge in [0.25, 0.3) is 15.9 Å². The van der Waals surface area contributed by atoms with Crippen LogP contribution < -0.4 is 4.72 Å². The molecule has 13 heteroatoms. The number of benzene rings is 2. The van der Waals surface area contributed by atoms with Crippen LogP contribution in [0.15, 0.2) is 41.3 Å². The minimum absolute atomic E-state index is 0.0250. The van der Waals surface area contributed by atoms with Crippen LogP contribution >= 0.6 is 11.6 Å². The molecule has 0 aliphatic carbocycles. The third-order valence-electron chi connectivity index (χ3n) is 3.73. The number of nitrogens with zero attached hydrogens (tertiary/aromatic N) is 1. The fourth-order valence-electron chi connectivity index (χ4n) is 2.31. The lowest BCUT2D eigenvalue weighted by Gasteiger charge is -2.17. The molecule has 5 nitrogen and oxygen atoms in total. The summed E-state index contributed by atoms with van der Waals surface area (Å²) in [7, 11) is -2.24. The van der Waals surface area contributed by atoms with Gasteiger partial charge in [0.2, 0.25) is 0 Å². The summed E-state index contributed by atoms with van der Waals surface area (Å²) in [6.45, 7) is 0. The Bertz CT molecular complexity index is 1050. The maximum absolute atomic E-state index is 13.0. The largest absolute Gasteiger partial charge is 0.416 e. The maximum Gasteiger partial charge on any atom is 0.416 e. The zero-order valence-corrected chi connectivity index (χ0v) is 16.8. The van der Waals surface area contributed by atoms with Crippen LogP contribution in [0.3, 0.4) is 0 Å². The van der Waals surface area contributed by atoms with Gasteiger partial charge in [0.1, 0.15) is 0 Å². The Balaban J connectivity index is 2.64. The molecule has 2 aromatic carbocycles. The lowest BCUT2D eigenvalue weighted by atomic mass is 10.1. The van der Waals surface area contributed by atoms with Crippen LogP contribution in [0, 0.1) is 0 Å². The van der Waals surface area contributed by atoms with Crippen molar-refractivity contribution in [2.45, 2.75) is 17.2 Å². The Morgan fingerprint density at radius 1 is 0.933 bits per heavy atom. The van der Waals surface area contributed by atoms with Crippen LogP contribution in [0.5, 0.6) is 0 Å². The summed E-state index contributed by atoms with van der Waals surface area (Å²) in [4.78, 5) is 12.0. The Morgan fingerprint density at radius 3 is 1.87 bits per heavy atom. The molecule has 0 spiro atoms. The van der Waals surface area contributed by atoms with Crippen LogP contribution in [0.4, 0.5) is 32.0 Å². The van der Waals surface area contributed by atoms with Crippen molar-refractivity contribution in [2.75, 3.05) is 18.8 Å². The van der Waals surface area contributed by atoms with E-state index in [0.29, 0.717) is 0 Å². The molecule has 0 aromatic heterocycles. The van der Waals surface area contributed by atoms with Gasteiger partial charge in [0.15, 0.2) is 0 Å². The SMILES string of the molecule is CN(C)C(=O)c1ccc(Cl)cc1NS(=O)(=O)c1cc(C(F)(F)F)cc(C(F)(F)F)c1. The zero-order chi connectivity index (χ0) is 23.1. The summed E-state index contributed by atoms with van der Waals surface area (Å²) in [6, 6.07) is 3.37. The van der Waals surface area contributed by atoms with Gasteiger partial charge in [-0.25, -0.2) is 8.42 Å². The standard InChI is InChI=1S/C17H13ClF6N2O3S/c1-26(2)15(27)13-4-3-11(18)8-14(13)25-30(28,29)12-6-9(16(19,20)21)5-10(7-12)17(22,23)24/h3-8,25H,1-2H3. The highest BCUT2D eigenvalue weighted by molar-refractivity contribution is 7.92. The van der Waals surface area contributed by atoms with E-state index >= 15 is 0 Å². The quantitative estimate of drug-likeness (QED) is 0.642. The number of nitrogens with one attached hydrogen (secondary N) is 1. The third-order valence-corrected chi connectivity index (χ3v) is 5.31. The van der Waals surface area contributed by atoms with E-state index in [4.69, 9.17) is 11.6 Å². The fourth-order valence-corrected chi connectivity index (χ4v) is 3.63. The molecule has 0 aliphatic rings. The number of hydrogen-bond acceptors (Lipinski definition) is 3. The van der Waals surface area contributed by atoms with E-state index < -0.39 is 50.0 Å². The van der Waals surface area contributed by atoms with Gasteiger partial charge >= 0.3 is 12.4 Å². The van der Waals surface area contributed by atoms with Crippen LogP contribution in [0.1, 0.15) is 21.5 Å². The van der Waals surface area contributed by atoms with E-state index in [9.17, 15) is 39.6 Å². The van der Waals surface area contributed by atoms with Crippen LogP contribution in [-0.2, 0) is 22.4 Å². The van der Waals surface area contributed by atoms with Crippen molar-refractivity contribution < 1.29 is 39.6 Å². The molecule has 0 heterocycles. The highest BCUT2D eigenvalue weighted by Crippen LogP contribution is 2.37. The second-order valence-corrected chi connectivity index (χ2v) is 8.36. The number of amides is 1. The van der Waals surface area contributed by atoms with E-state index in [1.807, 2.05) is 4.72 Å². The van der Waals surface area contributed by atoms with E-state index in [-0.39, 0.29) is 28.8 Å². The fraction of sp³-hybridized carbons (Fsp3) is 0.235. The maximum atomic E-state index is 13.0. The van der Waals surface area contributed by atoms with Gasteiger partial charge in [-0.1, -0.05) is 11.6 Å². The highest BCUT2D eigenvalue weighted by atomic mass is 35.5. The van der Waals surface area contributed by atoms with Crippen molar-refractivity contribution in [3.63, 3.8) is 0 Å². The van der Waals surface area contributed by atoms with E-state index in [2.05, 4.69) is 0 Å². The summed E-state index contributed by atoms with van der Waals surface area (Å²) in [5, 5.41) is -0.0250. The topological polar surface area (TPSA) is 66.5 Å². The second kappa shape index (κ2) is 7.99. The van der Waals surface area contributed by atoms with Gasteiger partial charge in [-0.15, -0.1) is 0 Å². The smallest absolute Gasteiger partial charge is 0.345 e. The zero-order valence-electron chi connectivity index (χ0n) is 15.2. The van der Waals surface area contributed by atoms with Crippen molar-refractivity contribution in [3.05, 3.63) is 58.1 Å². The van der Waals surface area contributed by atoms with Crippen molar-refractivity contribution in [1.29, 1.82) is 0 Å². The lowest BCUT2D eigenvalue weighted by molar-refractivity contribution is -0.143. The van der Waals surface area contributed by atoms with E-state index in [1.165, 1.54) is 20.2 Å². The molecular formula is C17H13ClF6N2O3S. The first-order valence-electron chi connectivity index (χ1n) is 7.86. The first kappa shape index (κ1) is 23.8. The minimum atomic E-state index is -5.23. The average Bonchev–Trinajstić information content (AvgIpc) is 2.59. The highest BCUT2D eigenvalue weighted by Gasteiger charge is 2.38. The second-order valence-electron chi connectivity index (χ2n) is 6.24. The van der Waals surface area contributed by atoms with Gasteiger partial charge in [0, 0.05) is 19.1 Å². The number of anilines is 1.